The first-order valence-corrected chi connectivity index (χ1v) is 5.78. The highest BCUT2D eigenvalue weighted by atomic mass is 16.5. The molecule has 0 spiro atoms. The fourth-order valence-electron chi connectivity index (χ4n) is 2.10. The normalized spacial score (nSPS) is 24.4. The van der Waals surface area contributed by atoms with Gasteiger partial charge >= 0.3 is 0 Å². The minimum atomic E-state index is 0.275. The van der Waals surface area contributed by atoms with E-state index in [9.17, 15) is 0 Å². The molecule has 0 saturated carbocycles. The number of anilines is 1. The molecule has 1 heterocycles. The van der Waals surface area contributed by atoms with Gasteiger partial charge in [-0.15, -0.1) is 0 Å². The van der Waals surface area contributed by atoms with E-state index in [-0.39, 0.29) is 6.10 Å². The van der Waals surface area contributed by atoms with Gasteiger partial charge in [0.05, 0.1) is 6.10 Å². The SMILES string of the molecule is CCCO[C@H]1C[C@@H](C)Nc2ccccc21. The van der Waals surface area contributed by atoms with E-state index in [4.69, 9.17) is 4.74 Å². The number of nitrogens with one attached hydrogen (secondary N) is 1. The molecule has 0 unspecified atom stereocenters. The summed E-state index contributed by atoms with van der Waals surface area (Å²) in [4.78, 5) is 0. The maximum absolute atomic E-state index is 5.89. The molecule has 2 rings (SSSR count). The van der Waals surface area contributed by atoms with Gasteiger partial charge < -0.3 is 10.1 Å². The summed E-state index contributed by atoms with van der Waals surface area (Å²) in [6, 6.07) is 8.95. The minimum Gasteiger partial charge on any atom is -0.382 e. The molecule has 0 saturated heterocycles. The van der Waals surface area contributed by atoms with E-state index >= 15 is 0 Å². The third kappa shape index (κ3) is 2.32. The molecular weight excluding hydrogens is 186 g/mol. The molecule has 1 N–H and O–H groups in total. The van der Waals surface area contributed by atoms with Crippen molar-refractivity contribution in [3.63, 3.8) is 0 Å². The zero-order chi connectivity index (χ0) is 10.7. The second kappa shape index (κ2) is 4.67. The first-order chi connectivity index (χ1) is 7.31. The van der Waals surface area contributed by atoms with Crippen molar-refractivity contribution in [2.24, 2.45) is 0 Å². The van der Waals surface area contributed by atoms with E-state index in [1.54, 1.807) is 0 Å². The summed E-state index contributed by atoms with van der Waals surface area (Å²) in [7, 11) is 0. The van der Waals surface area contributed by atoms with Gasteiger partial charge in [-0.05, 0) is 25.8 Å². The Hall–Kier alpha value is -1.02. The quantitative estimate of drug-likeness (QED) is 0.817. The second-order valence-corrected chi connectivity index (χ2v) is 4.23. The zero-order valence-corrected chi connectivity index (χ0v) is 9.49. The first-order valence-electron chi connectivity index (χ1n) is 5.78. The van der Waals surface area contributed by atoms with Crippen molar-refractivity contribution in [2.75, 3.05) is 11.9 Å². The molecule has 2 atom stereocenters. The van der Waals surface area contributed by atoms with Crippen LogP contribution < -0.4 is 5.32 Å². The van der Waals surface area contributed by atoms with Crippen LogP contribution in [0, 0.1) is 0 Å². The molecule has 1 aliphatic heterocycles. The topological polar surface area (TPSA) is 21.3 Å². The van der Waals surface area contributed by atoms with Gasteiger partial charge in [0.1, 0.15) is 0 Å². The Kier molecular flexibility index (Phi) is 3.27. The summed E-state index contributed by atoms with van der Waals surface area (Å²) < 4.78 is 5.89. The third-order valence-corrected chi connectivity index (χ3v) is 2.80. The first kappa shape index (κ1) is 10.5. The molecule has 1 aliphatic rings. The van der Waals surface area contributed by atoms with Gasteiger partial charge in [-0.3, -0.25) is 0 Å². The summed E-state index contributed by atoms with van der Waals surface area (Å²) in [6.45, 7) is 5.21. The molecule has 82 valence electrons. The maximum atomic E-state index is 5.89. The Morgan fingerprint density at radius 1 is 1.40 bits per heavy atom. The molecular formula is C13H19NO. The second-order valence-electron chi connectivity index (χ2n) is 4.23. The largest absolute Gasteiger partial charge is 0.382 e. The Bertz CT molecular complexity index is 324. The van der Waals surface area contributed by atoms with Gasteiger partial charge in [0.25, 0.3) is 0 Å². The van der Waals surface area contributed by atoms with Crippen LogP contribution >= 0.6 is 0 Å². The monoisotopic (exact) mass is 205 g/mol. The number of benzene rings is 1. The van der Waals surface area contributed by atoms with Crippen LogP contribution in [0.5, 0.6) is 0 Å². The molecule has 1 aromatic rings. The summed E-state index contributed by atoms with van der Waals surface area (Å²) in [5.41, 5.74) is 2.54. The van der Waals surface area contributed by atoms with Crippen LogP contribution in [0.1, 0.15) is 38.4 Å². The van der Waals surface area contributed by atoms with Gasteiger partial charge in [-0.1, -0.05) is 25.1 Å². The van der Waals surface area contributed by atoms with Crippen LogP contribution in [-0.4, -0.2) is 12.6 Å². The summed E-state index contributed by atoms with van der Waals surface area (Å²) in [6.07, 6.45) is 2.43. The van der Waals surface area contributed by atoms with Gasteiger partial charge in [-0.25, -0.2) is 0 Å². The van der Waals surface area contributed by atoms with E-state index in [1.165, 1.54) is 11.3 Å². The van der Waals surface area contributed by atoms with Crippen LogP contribution in [-0.2, 0) is 4.74 Å². The van der Waals surface area contributed by atoms with Crippen molar-refractivity contribution in [2.45, 2.75) is 38.8 Å². The minimum absolute atomic E-state index is 0.275. The number of hydrogen-bond acceptors (Lipinski definition) is 2. The van der Waals surface area contributed by atoms with Crippen molar-refractivity contribution < 1.29 is 4.74 Å². The molecule has 0 amide bonds. The van der Waals surface area contributed by atoms with Crippen molar-refractivity contribution in [1.29, 1.82) is 0 Å². The summed E-state index contributed by atoms with van der Waals surface area (Å²) >= 11 is 0. The molecule has 0 fully saturated rings. The number of hydrogen-bond donors (Lipinski definition) is 1. The van der Waals surface area contributed by atoms with Crippen molar-refractivity contribution >= 4 is 5.69 Å². The molecule has 0 aliphatic carbocycles. The van der Waals surface area contributed by atoms with Crippen molar-refractivity contribution in [3.05, 3.63) is 29.8 Å². The van der Waals surface area contributed by atoms with Crippen molar-refractivity contribution in [3.8, 4) is 0 Å². The Labute approximate surface area is 91.6 Å². The predicted octanol–water partition coefficient (Wildman–Crippen LogP) is 3.36. The lowest BCUT2D eigenvalue weighted by atomic mass is 9.96. The standard InChI is InChI=1S/C13H19NO/c1-3-8-15-13-9-10(2)14-12-7-5-4-6-11(12)13/h4-7,10,13-14H,3,8-9H2,1-2H3/t10-,13+/m1/s1. The Morgan fingerprint density at radius 2 is 2.20 bits per heavy atom. The van der Waals surface area contributed by atoms with E-state index in [2.05, 4.69) is 43.4 Å². The number of fused-ring (bicyclic) bond motifs is 1. The number of ether oxygens (including phenoxy) is 1. The highest BCUT2D eigenvalue weighted by molar-refractivity contribution is 5.54. The fourth-order valence-corrected chi connectivity index (χ4v) is 2.10. The lowest BCUT2D eigenvalue weighted by Crippen LogP contribution is -2.26. The smallest absolute Gasteiger partial charge is 0.0864 e. The van der Waals surface area contributed by atoms with Gasteiger partial charge in [0.15, 0.2) is 0 Å². The van der Waals surface area contributed by atoms with Crippen LogP contribution in [0.4, 0.5) is 5.69 Å². The van der Waals surface area contributed by atoms with E-state index in [0.717, 1.165) is 19.4 Å². The maximum Gasteiger partial charge on any atom is 0.0864 e. The van der Waals surface area contributed by atoms with Crippen LogP contribution in [0.15, 0.2) is 24.3 Å². The highest BCUT2D eigenvalue weighted by Crippen LogP contribution is 2.34. The molecule has 1 aromatic carbocycles. The molecule has 0 radical (unpaired) electrons. The lowest BCUT2D eigenvalue weighted by Gasteiger charge is -2.31. The van der Waals surface area contributed by atoms with Crippen LogP contribution in [0.25, 0.3) is 0 Å². The molecule has 15 heavy (non-hydrogen) atoms. The average Bonchev–Trinajstić information content (AvgIpc) is 2.25. The molecule has 0 aromatic heterocycles. The van der Waals surface area contributed by atoms with Gasteiger partial charge in [0, 0.05) is 23.9 Å². The fraction of sp³-hybridized carbons (Fsp3) is 0.538. The van der Waals surface area contributed by atoms with Gasteiger partial charge in [0.2, 0.25) is 0 Å². The summed E-state index contributed by atoms with van der Waals surface area (Å²) in [5.74, 6) is 0. The Balaban J connectivity index is 2.18. The predicted molar refractivity (Wildman–Crippen MR) is 63.1 cm³/mol. The molecule has 2 nitrogen and oxygen atoms in total. The van der Waals surface area contributed by atoms with E-state index < -0.39 is 0 Å². The highest BCUT2D eigenvalue weighted by Gasteiger charge is 2.23. The number of rotatable bonds is 3. The average molecular weight is 205 g/mol. The van der Waals surface area contributed by atoms with E-state index in [1.807, 2.05) is 0 Å². The van der Waals surface area contributed by atoms with E-state index in [0.29, 0.717) is 6.04 Å². The number of para-hydroxylation sites is 1. The Morgan fingerprint density at radius 3 is 3.00 bits per heavy atom. The van der Waals surface area contributed by atoms with Crippen LogP contribution in [0.3, 0.4) is 0 Å². The summed E-state index contributed by atoms with van der Waals surface area (Å²) in [5, 5.41) is 3.49. The molecule has 0 bridgehead atoms. The molecule has 2 heteroatoms. The lowest BCUT2D eigenvalue weighted by molar-refractivity contribution is 0.0423. The van der Waals surface area contributed by atoms with Gasteiger partial charge in [-0.2, -0.15) is 0 Å². The third-order valence-electron chi connectivity index (χ3n) is 2.80. The van der Waals surface area contributed by atoms with Crippen molar-refractivity contribution in [1.82, 2.24) is 0 Å². The van der Waals surface area contributed by atoms with Crippen LogP contribution in [0.2, 0.25) is 0 Å². The zero-order valence-electron chi connectivity index (χ0n) is 9.49.